The molecule has 2 N–H and O–H groups in total. The van der Waals surface area contributed by atoms with Crippen LogP contribution in [0.15, 0.2) is 54.7 Å². The Kier molecular flexibility index (Phi) is 3.92. The zero-order valence-corrected chi connectivity index (χ0v) is 12.0. The van der Waals surface area contributed by atoms with Crippen molar-refractivity contribution in [3.05, 3.63) is 65.9 Å². The van der Waals surface area contributed by atoms with Gasteiger partial charge in [0.2, 0.25) is 0 Å². The van der Waals surface area contributed by atoms with E-state index in [1.165, 1.54) is 12.1 Å². The molecule has 0 aliphatic carbocycles. The van der Waals surface area contributed by atoms with Crippen molar-refractivity contribution in [3.8, 4) is 11.5 Å². The molecule has 0 radical (unpaired) electrons. The Balaban J connectivity index is 1.96. The van der Waals surface area contributed by atoms with Crippen LogP contribution in [0.1, 0.15) is 11.1 Å². The van der Waals surface area contributed by atoms with Gasteiger partial charge in [-0.05, 0) is 42.0 Å². The van der Waals surface area contributed by atoms with Crippen molar-refractivity contribution in [1.82, 2.24) is 4.98 Å². The van der Waals surface area contributed by atoms with Gasteiger partial charge in [-0.15, -0.1) is 0 Å². The van der Waals surface area contributed by atoms with E-state index in [0.717, 1.165) is 23.1 Å². The third-order valence-corrected chi connectivity index (χ3v) is 3.45. The highest BCUT2D eigenvalue weighted by Crippen LogP contribution is 2.33. The lowest BCUT2D eigenvalue weighted by atomic mass is 10.1. The van der Waals surface area contributed by atoms with Gasteiger partial charge < -0.3 is 10.5 Å². The first-order valence-electron chi connectivity index (χ1n) is 6.91. The van der Waals surface area contributed by atoms with Gasteiger partial charge in [0, 0.05) is 18.1 Å². The number of hydrogen-bond acceptors (Lipinski definition) is 3. The van der Waals surface area contributed by atoms with Gasteiger partial charge in [-0.3, -0.25) is 4.98 Å². The molecule has 118 valence electrons. The number of hydrogen-bond donors (Lipinski definition) is 1. The molecular formula is C17H13F3N2O. The van der Waals surface area contributed by atoms with Gasteiger partial charge in [0.05, 0.1) is 5.56 Å². The smallest absolute Gasteiger partial charge is 0.416 e. The minimum Gasteiger partial charge on any atom is -0.455 e. The molecule has 0 bridgehead atoms. The molecule has 6 heteroatoms. The van der Waals surface area contributed by atoms with E-state index in [4.69, 9.17) is 10.5 Å². The number of fused-ring (bicyclic) bond motifs is 1. The number of nitrogens with two attached hydrogens (primary N) is 1. The summed E-state index contributed by atoms with van der Waals surface area (Å²) >= 11 is 0. The fourth-order valence-electron chi connectivity index (χ4n) is 2.31. The van der Waals surface area contributed by atoms with Crippen LogP contribution in [0, 0.1) is 0 Å². The zero-order valence-electron chi connectivity index (χ0n) is 12.0. The lowest BCUT2D eigenvalue weighted by molar-refractivity contribution is -0.137. The van der Waals surface area contributed by atoms with Crippen LogP contribution in [-0.4, -0.2) is 4.98 Å². The van der Waals surface area contributed by atoms with Crippen LogP contribution in [0.5, 0.6) is 11.5 Å². The summed E-state index contributed by atoms with van der Waals surface area (Å²) < 4.78 is 43.4. The summed E-state index contributed by atoms with van der Waals surface area (Å²) in [5.74, 6) is 0.781. The number of ether oxygens (including phenoxy) is 1. The van der Waals surface area contributed by atoms with Crippen LogP contribution in [0.4, 0.5) is 13.2 Å². The third-order valence-electron chi connectivity index (χ3n) is 3.45. The second-order valence-electron chi connectivity index (χ2n) is 4.95. The number of nitrogens with zero attached hydrogens (tertiary/aromatic N) is 1. The van der Waals surface area contributed by atoms with Gasteiger partial charge in [0.25, 0.3) is 0 Å². The molecule has 0 unspecified atom stereocenters. The lowest BCUT2D eigenvalue weighted by Gasteiger charge is -2.11. The molecule has 0 saturated carbocycles. The van der Waals surface area contributed by atoms with Gasteiger partial charge in [0.15, 0.2) is 5.75 Å². The first kappa shape index (κ1) is 15.3. The molecule has 0 aliphatic heterocycles. The maximum atomic E-state index is 12.6. The van der Waals surface area contributed by atoms with E-state index in [9.17, 15) is 13.2 Å². The standard InChI is InChI=1S/C17H13F3N2O/c18-17(19,20)12-4-6-13(7-5-12)23-15-3-1-2-14-11(10-21)8-9-22-16(14)15/h1-9H,10,21H2. The molecule has 0 saturated heterocycles. The van der Waals surface area contributed by atoms with Crippen molar-refractivity contribution in [2.75, 3.05) is 0 Å². The molecule has 23 heavy (non-hydrogen) atoms. The molecule has 2 aromatic carbocycles. The largest absolute Gasteiger partial charge is 0.455 e. The first-order chi connectivity index (χ1) is 11.0. The van der Waals surface area contributed by atoms with Crippen LogP contribution in [0.2, 0.25) is 0 Å². The summed E-state index contributed by atoms with van der Waals surface area (Å²) in [4.78, 5) is 4.28. The minimum atomic E-state index is -4.37. The van der Waals surface area contributed by atoms with Crippen molar-refractivity contribution in [2.45, 2.75) is 12.7 Å². The zero-order chi connectivity index (χ0) is 16.4. The summed E-state index contributed by atoms with van der Waals surface area (Å²) in [6, 6.07) is 11.8. The Bertz CT molecular complexity index is 829. The molecule has 1 heterocycles. The van der Waals surface area contributed by atoms with Crippen LogP contribution in [-0.2, 0) is 12.7 Å². The summed E-state index contributed by atoms with van der Waals surface area (Å²) in [5, 5.41) is 0.861. The molecule has 3 rings (SSSR count). The second-order valence-corrected chi connectivity index (χ2v) is 4.95. The number of rotatable bonds is 3. The van der Waals surface area contributed by atoms with E-state index in [1.54, 1.807) is 18.3 Å². The van der Waals surface area contributed by atoms with E-state index in [2.05, 4.69) is 4.98 Å². The van der Waals surface area contributed by atoms with Gasteiger partial charge >= 0.3 is 6.18 Å². The first-order valence-corrected chi connectivity index (χ1v) is 6.91. The highest BCUT2D eigenvalue weighted by molar-refractivity contribution is 5.87. The van der Waals surface area contributed by atoms with Crippen LogP contribution in [0.3, 0.4) is 0 Å². The predicted octanol–water partition coefficient (Wildman–Crippen LogP) is 4.50. The molecule has 1 aromatic heterocycles. The minimum absolute atomic E-state index is 0.311. The van der Waals surface area contributed by atoms with Crippen LogP contribution >= 0.6 is 0 Å². The summed E-state index contributed by atoms with van der Waals surface area (Å²) in [6.07, 6.45) is -2.74. The molecule has 3 aromatic rings. The molecular weight excluding hydrogens is 305 g/mol. The van der Waals surface area contributed by atoms with E-state index >= 15 is 0 Å². The molecule has 0 atom stereocenters. The lowest BCUT2D eigenvalue weighted by Crippen LogP contribution is -2.04. The molecule has 0 aliphatic rings. The number of aromatic nitrogens is 1. The second kappa shape index (κ2) is 5.89. The Hall–Kier alpha value is -2.60. The van der Waals surface area contributed by atoms with Gasteiger partial charge in [-0.25, -0.2) is 0 Å². The van der Waals surface area contributed by atoms with Crippen molar-refractivity contribution in [2.24, 2.45) is 5.73 Å². The summed E-state index contributed by atoms with van der Waals surface area (Å²) in [7, 11) is 0. The summed E-state index contributed by atoms with van der Waals surface area (Å²) in [5.41, 5.74) is 6.53. The van der Waals surface area contributed by atoms with Gasteiger partial charge in [0.1, 0.15) is 11.3 Å². The predicted molar refractivity (Wildman–Crippen MR) is 81.2 cm³/mol. The van der Waals surface area contributed by atoms with Gasteiger partial charge in [-0.2, -0.15) is 13.2 Å². The fourth-order valence-corrected chi connectivity index (χ4v) is 2.31. The average molecular weight is 318 g/mol. The van der Waals surface area contributed by atoms with Crippen molar-refractivity contribution < 1.29 is 17.9 Å². The highest BCUT2D eigenvalue weighted by Gasteiger charge is 2.30. The number of pyridine rings is 1. The van der Waals surface area contributed by atoms with Crippen molar-refractivity contribution in [1.29, 1.82) is 0 Å². The maximum Gasteiger partial charge on any atom is 0.416 e. The van der Waals surface area contributed by atoms with Crippen LogP contribution in [0.25, 0.3) is 10.9 Å². The summed E-state index contributed by atoms with van der Waals surface area (Å²) in [6.45, 7) is 0.364. The van der Waals surface area contributed by atoms with E-state index < -0.39 is 11.7 Å². The molecule has 0 spiro atoms. The number of alkyl halides is 3. The third kappa shape index (κ3) is 3.12. The van der Waals surface area contributed by atoms with E-state index in [1.807, 2.05) is 12.1 Å². The van der Waals surface area contributed by atoms with Gasteiger partial charge in [-0.1, -0.05) is 12.1 Å². The highest BCUT2D eigenvalue weighted by atomic mass is 19.4. The Morgan fingerprint density at radius 3 is 2.39 bits per heavy atom. The van der Waals surface area contributed by atoms with E-state index in [-0.39, 0.29) is 0 Å². The normalized spacial score (nSPS) is 11.7. The fraction of sp³-hybridized carbons (Fsp3) is 0.118. The Morgan fingerprint density at radius 2 is 1.74 bits per heavy atom. The molecule has 0 fully saturated rings. The molecule has 3 nitrogen and oxygen atoms in total. The SMILES string of the molecule is NCc1ccnc2c(Oc3ccc(C(F)(F)F)cc3)cccc12. The van der Waals surface area contributed by atoms with E-state index in [0.29, 0.717) is 23.6 Å². The quantitative estimate of drug-likeness (QED) is 0.773. The average Bonchev–Trinajstić information content (AvgIpc) is 2.54. The number of para-hydroxylation sites is 1. The van der Waals surface area contributed by atoms with Crippen LogP contribution < -0.4 is 10.5 Å². The molecule has 0 amide bonds. The topological polar surface area (TPSA) is 48.1 Å². The number of benzene rings is 2. The van der Waals surface area contributed by atoms with Crippen molar-refractivity contribution >= 4 is 10.9 Å². The Morgan fingerprint density at radius 1 is 1.00 bits per heavy atom. The number of halogens is 3. The monoisotopic (exact) mass is 318 g/mol. The Labute approximate surface area is 130 Å². The van der Waals surface area contributed by atoms with Crippen molar-refractivity contribution in [3.63, 3.8) is 0 Å². The maximum absolute atomic E-state index is 12.6.